The first-order valence-electron chi connectivity index (χ1n) is 8.94. The van der Waals surface area contributed by atoms with Crippen molar-refractivity contribution in [3.05, 3.63) is 65.0 Å². The minimum atomic E-state index is -0.304. The second kappa shape index (κ2) is 7.68. The van der Waals surface area contributed by atoms with Crippen molar-refractivity contribution < 1.29 is 9.18 Å². The summed E-state index contributed by atoms with van der Waals surface area (Å²) < 4.78 is 13.7. The van der Waals surface area contributed by atoms with Crippen molar-refractivity contribution >= 4 is 11.6 Å². The summed E-state index contributed by atoms with van der Waals surface area (Å²) in [6.45, 7) is 7.33. The average Bonchev–Trinajstić information content (AvgIpc) is 2.63. The van der Waals surface area contributed by atoms with E-state index in [0.717, 1.165) is 19.5 Å². The lowest BCUT2D eigenvalue weighted by molar-refractivity contribution is -0.130. The zero-order valence-corrected chi connectivity index (χ0v) is 15.0. The highest BCUT2D eigenvalue weighted by molar-refractivity contribution is 5.79. The monoisotopic (exact) mass is 340 g/mol. The third-order valence-corrected chi connectivity index (χ3v) is 4.95. The van der Waals surface area contributed by atoms with Crippen LogP contribution < -0.4 is 4.90 Å². The van der Waals surface area contributed by atoms with Gasteiger partial charge in [-0.25, -0.2) is 4.39 Å². The van der Waals surface area contributed by atoms with Crippen LogP contribution in [-0.4, -0.2) is 37.0 Å². The highest BCUT2D eigenvalue weighted by Crippen LogP contribution is 2.27. The summed E-state index contributed by atoms with van der Waals surface area (Å²) in [4.78, 5) is 16.7. The molecule has 1 heterocycles. The number of benzene rings is 2. The number of hydrogen-bond donors (Lipinski definition) is 0. The lowest BCUT2D eigenvalue weighted by Crippen LogP contribution is -2.49. The maximum absolute atomic E-state index is 13.7. The van der Waals surface area contributed by atoms with Gasteiger partial charge in [0.05, 0.1) is 6.42 Å². The Morgan fingerprint density at radius 3 is 2.36 bits per heavy atom. The van der Waals surface area contributed by atoms with Crippen molar-refractivity contribution in [3.63, 3.8) is 0 Å². The minimum Gasteiger partial charge on any atom is -0.368 e. The standard InChI is InChI=1S/C21H25FN2O/c1-3-17-9-6-7-16(2)21(17)24-13-11-23(12-14-24)20(25)15-18-8-4-5-10-19(18)22/h4-10H,3,11-15H2,1-2H3. The molecule has 0 aromatic heterocycles. The van der Waals surface area contributed by atoms with Gasteiger partial charge in [-0.2, -0.15) is 0 Å². The SMILES string of the molecule is CCc1cccc(C)c1N1CCN(C(=O)Cc2ccccc2F)CC1. The van der Waals surface area contributed by atoms with Gasteiger partial charge in [0.15, 0.2) is 0 Å². The summed E-state index contributed by atoms with van der Waals surface area (Å²) in [6.07, 6.45) is 1.14. The molecule has 1 fully saturated rings. The second-order valence-corrected chi connectivity index (χ2v) is 6.57. The lowest BCUT2D eigenvalue weighted by atomic mass is 10.0. The third kappa shape index (κ3) is 3.84. The summed E-state index contributed by atoms with van der Waals surface area (Å²) in [6, 6.07) is 12.9. The van der Waals surface area contributed by atoms with Crippen LogP contribution in [0.5, 0.6) is 0 Å². The quantitative estimate of drug-likeness (QED) is 0.849. The molecule has 0 radical (unpaired) electrons. The molecule has 0 N–H and O–H groups in total. The first-order valence-corrected chi connectivity index (χ1v) is 8.94. The van der Waals surface area contributed by atoms with Crippen molar-refractivity contribution in [2.24, 2.45) is 0 Å². The van der Waals surface area contributed by atoms with Gasteiger partial charge in [-0.1, -0.05) is 43.3 Å². The Morgan fingerprint density at radius 1 is 1.00 bits per heavy atom. The van der Waals surface area contributed by atoms with Gasteiger partial charge in [0, 0.05) is 31.9 Å². The van der Waals surface area contributed by atoms with E-state index in [4.69, 9.17) is 0 Å². The number of para-hydroxylation sites is 1. The third-order valence-electron chi connectivity index (χ3n) is 4.95. The van der Waals surface area contributed by atoms with E-state index in [1.165, 1.54) is 22.9 Å². The summed E-state index contributed by atoms with van der Waals surface area (Å²) in [5, 5.41) is 0. The van der Waals surface area contributed by atoms with Crippen LogP contribution in [-0.2, 0) is 17.6 Å². The van der Waals surface area contributed by atoms with Crippen LogP contribution in [0.25, 0.3) is 0 Å². The van der Waals surface area contributed by atoms with Gasteiger partial charge >= 0.3 is 0 Å². The van der Waals surface area contributed by atoms with Crippen LogP contribution in [0.3, 0.4) is 0 Å². The Morgan fingerprint density at radius 2 is 1.68 bits per heavy atom. The smallest absolute Gasteiger partial charge is 0.227 e. The number of amides is 1. The van der Waals surface area contributed by atoms with Gasteiger partial charge in [0.2, 0.25) is 5.91 Å². The van der Waals surface area contributed by atoms with Crippen LogP contribution in [0.2, 0.25) is 0 Å². The Hall–Kier alpha value is -2.36. The molecule has 1 aliphatic rings. The summed E-state index contributed by atoms with van der Waals surface area (Å²) in [7, 11) is 0. The van der Waals surface area contributed by atoms with Crippen LogP contribution in [0.4, 0.5) is 10.1 Å². The van der Waals surface area contributed by atoms with Gasteiger partial charge in [-0.3, -0.25) is 4.79 Å². The number of hydrogen-bond acceptors (Lipinski definition) is 2. The van der Waals surface area contributed by atoms with Gasteiger partial charge in [0.1, 0.15) is 5.82 Å². The van der Waals surface area contributed by atoms with E-state index in [0.29, 0.717) is 18.7 Å². The number of rotatable bonds is 4. The van der Waals surface area contributed by atoms with Crippen LogP contribution in [0.1, 0.15) is 23.6 Å². The number of carbonyl (C=O) groups excluding carboxylic acids is 1. The van der Waals surface area contributed by atoms with Crippen LogP contribution in [0, 0.1) is 12.7 Å². The molecule has 3 nitrogen and oxygen atoms in total. The van der Waals surface area contributed by atoms with Gasteiger partial charge in [-0.05, 0) is 36.1 Å². The van der Waals surface area contributed by atoms with E-state index in [9.17, 15) is 9.18 Å². The van der Waals surface area contributed by atoms with E-state index in [1.54, 1.807) is 18.2 Å². The highest BCUT2D eigenvalue weighted by Gasteiger charge is 2.23. The molecule has 2 aromatic carbocycles. The van der Waals surface area contributed by atoms with Crippen molar-refractivity contribution in [2.75, 3.05) is 31.1 Å². The van der Waals surface area contributed by atoms with E-state index in [1.807, 2.05) is 4.90 Å². The molecule has 0 saturated carbocycles. The van der Waals surface area contributed by atoms with E-state index >= 15 is 0 Å². The fraction of sp³-hybridized carbons (Fsp3) is 0.381. The predicted octanol–water partition coefficient (Wildman–Crippen LogP) is 3.59. The van der Waals surface area contributed by atoms with Gasteiger partial charge < -0.3 is 9.80 Å². The van der Waals surface area contributed by atoms with E-state index in [-0.39, 0.29) is 18.1 Å². The fourth-order valence-corrected chi connectivity index (χ4v) is 3.55. The van der Waals surface area contributed by atoms with Crippen LogP contribution in [0.15, 0.2) is 42.5 Å². The van der Waals surface area contributed by atoms with Gasteiger partial charge in [0.25, 0.3) is 0 Å². The topological polar surface area (TPSA) is 23.6 Å². The molecule has 0 aliphatic carbocycles. The first-order chi connectivity index (χ1) is 12.1. The minimum absolute atomic E-state index is 0.00486. The second-order valence-electron chi connectivity index (χ2n) is 6.57. The average molecular weight is 340 g/mol. The summed E-state index contributed by atoms with van der Waals surface area (Å²) in [5.41, 5.74) is 4.42. The van der Waals surface area contributed by atoms with Crippen molar-refractivity contribution in [1.29, 1.82) is 0 Å². The molecule has 1 amide bonds. The maximum atomic E-state index is 13.7. The Kier molecular flexibility index (Phi) is 5.37. The molecule has 0 atom stereocenters. The molecule has 0 spiro atoms. The molecule has 2 aromatic rings. The molecular formula is C21H25FN2O. The maximum Gasteiger partial charge on any atom is 0.227 e. The molecule has 132 valence electrons. The molecule has 1 saturated heterocycles. The fourth-order valence-electron chi connectivity index (χ4n) is 3.55. The van der Waals surface area contributed by atoms with Crippen LogP contribution >= 0.6 is 0 Å². The molecule has 25 heavy (non-hydrogen) atoms. The number of anilines is 1. The number of halogens is 1. The van der Waals surface area contributed by atoms with E-state index < -0.39 is 0 Å². The summed E-state index contributed by atoms with van der Waals surface area (Å²) in [5.74, 6) is -0.299. The highest BCUT2D eigenvalue weighted by atomic mass is 19.1. The van der Waals surface area contributed by atoms with Crippen molar-refractivity contribution in [3.8, 4) is 0 Å². The molecule has 0 unspecified atom stereocenters. The molecule has 4 heteroatoms. The molecule has 3 rings (SSSR count). The van der Waals surface area contributed by atoms with E-state index in [2.05, 4.69) is 36.9 Å². The number of nitrogens with zero attached hydrogens (tertiary/aromatic N) is 2. The predicted molar refractivity (Wildman–Crippen MR) is 99.5 cm³/mol. The largest absolute Gasteiger partial charge is 0.368 e. The summed E-state index contributed by atoms with van der Waals surface area (Å²) >= 11 is 0. The molecule has 0 bridgehead atoms. The van der Waals surface area contributed by atoms with Gasteiger partial charge in [-0.15, -0.1) is 0 Å². The Balaban J connectivity index is 1.64. The number of aryl methyl sites for hydroxylation is 2. The van der Waals surface area contributed by atoms with Crippen molar-refractivity contribution in [2.45, 2.75) is 26.7 Å². The molecular weight excluding hydrogens is 315 g/mol. The zero-order valence-electron chi connectivity index (χ0n) is 15.0. The number of carbonyl (C=O) groups is 1. The lowest BCUT2D eigenvalue weighted by Gasteiger charge is -2.38. The first kappa shape index (κ1) is 17.5. The van der Waals surface area contributed by atoms with Crippen molar-refractivity contribution in [1.82, 2.24) is 4.90 Å². The Labute approximate surface area is 149 Å². The zero-order chi connectivity index (χ0) is 17.8. The Bertz CT molecular complexity index is 751. The molecule has 1 aliphatic heterocycles. The normalized spacial score (nSPS) is 14.7. The number of piperazine rings is 1.